The number of aliphatic hydroxyl groups is 1. The van der Waals surface area contributed by atoms with Crippen LogP contribution in [0.15, 0.2) is 67.0 Å². The van der Waals surface area contributed by atoms with Gasteiger partial charge in [0.25, 0.3) is 5.91 Å². The Labute approximate surface area is 402 Å². The van der Waals surface area contributed by atoms with E-state index in [4.69, 9.17) is 21.1 Å². The summed E-state index contributed by atoms with van der Waals surface area (Å²) < 4.78 is 6.01. The Balaban J connectivity index is 0.696. The summed E-state index contributed by atoms with van der Waals surface area (Å²) >= 11 is 0. The Hall–Kier alpha value is -6.57. The van der Waals surface area contributed by atoms with Gasteiger partial charge in [0.15, 0.2) is 11.8 Å². The van der Waals surface area contributed by atoms with Gasteiger partial charge >= 0.3 is 6.09 Å². The van der Waals surface area contributed by atoms with Crippen LogP contribution >= 0.6 is 0 Å². The van der Waals surface area contributed by atoms with E-state index in [2.05, 4.69) is 43.1 Å². The predicted molar refractivity (Wildman–Crippen MR) is 260 cm³/mol. The number of aromatic amines is 1. The third-order valence-electron chi connectivity index (χ3n) is 15.5. The molecule has 360 valence electrons. The Bertz CT molecular complexity index is 2780. The molecule has 4 fully saturated rings. The molecule has 3 amide bonds. The van der Waals surface area contributed by atoms with Crippen LogP contribution in [0.1, 0.15) is 113 Å². The van der Waals surface area contributed by atoms with E-state index < -0.39 is 35.7 Å². The maximum absolute atomic E-state index is 14.2. The molecule has 2 aromatic carbocycles. The molecule has 4 aliphatic heterocycles. The van der Waals surface area contributed by atoms with E-state index >= 15 is 0 Å². The fourth-order valence-electron chi connectivity index (χ4n) is 11.5. The van der Waals surface area contributed by atoms with Crippen LogP contribution in [0.4, 0.5) is 10.7 Å². The van der Waals surface area contributed by atoms with E-state index in [0.29, 0.717) is 42.3 Å². The number of aliphatic hydroxyl groups excluding tert-OH is 1. The third-order valence-corrected chi connectivity index (χ3v) is 15.5. The Morgan fingerprint density at radius 2 is 1.71 bits per heavy atom. The SMILES string of the molecule is C#Cc1ccc([C@H](C)NC(=O)[C@@H]2C[C@@H](O)CN2C(=O)[C@@H](OC(=O)N2CC3(CC(N4CCC(c5cnc(N6CCc7[nH]c8nnc(-c9ccccc9O)cc8c7[C@H]6C)nc5)CC4)C3)C2)C(C)(C)C)cc1. The molecule has 3 saturated heterocycles. The second-order valence-corrected chi connectivity index (χ2v) is 21.2. The predicted octanol–water partition coefficient (Wildman–Crippen LogP) is 6.26. The highest BCUT2D eigenvalue weighted by molar-refractivity contribution is 5.92. The molecule has 0 bridgehead atoms. The van der Waals surface area contributed by atoms with Gasteiger partial charge in [0.05, 0.1) is 23.9 Å². The number of H-pyrrole nitrogens is 1. The van der Waals surface area contributed by atoms with Crippen LogP contribution < -0.4 is 10.2 Å². The number of terminal acetylenes is 1. The van der Waals surface area contributed by atoms with E-state index in [1.807, 2.05) is 82.6 Å². The number of carbonyl (C=O) groups excluding carboxylic acids is 3. The first kappa shape index (κ1) is 46.2. The van der Waals surface area contributed by atoms with Crippen molar-refractivity contribution in [2.75, 3.05) is 44.2 Å². The van der Waals surface area contributed by atoms with Gasteiger partial charge in [-0.3, -0.25) is 9.59 Å². The third kappa shape index (κ3) is 8.87. The van der Waals surface area contributed by atoms with Crippen molar-refractivity contribution >= 4 is 34.9 Å². The molecular formula is C53H62N10O6. The fraction of sp³-hybridized carbons (Fsp3) is 0.491. The average molecular weight is 935 g/mol. The van der Waals surface area contributed by atoms with Crippen LogP contribution in [0.5, 0.6) is 5.75 Å². The molecule has 0 radical (unpaired) electrons. The van der Waals surface area contributed by atoms with E-state index in [1.165, 1.54) is 10.5 Å². The van der Waals surface area contributed by atoms with Crippen molar-refractivity contribution in [3.05, 3.63) is 94.9 Å². The van der Waals surface area contributed by atoms with Gasteiger partial charge in [0.2, 0.25) is 11.9 Å². The van der Waals surface area contributed by atoms with Crippen molar-refractivity contribution in [3.8, 4) is 29.4 Å². The van der Waals surface area contributed by atoms with Gasteiger partial charge in [0, 0.05) is 96.1 Å². The molecular weight excluding hydrogens is 873 g/mol. The maximum atomic E-state index is 14.2. The average Bonchev–Trinajstić information content (AvgIpc) is 3.90. The number of aromatic nitrogens is 5. The number of phenols is 1. The number of aromatic hydroxyl groups is 1. The molecule has 10 rings (SSSR count). The second-order valence-electron chi connectivity index (χ2n) is 21.2. The minimum atomic E-state index is -1.14. The summed E-state index contributed by atoms with van der Waals surface area (Å²) in [6.45, 7) is 13.5. The highest BCUT2D eigenvalue weighted by Crippen LogP contribution is 2.51. The number of hydrogen-bond acceptors (Lipinski definition) is 12. The number of phenolic OH excluding ortho intramolecular Hbond substituents is 1. The Morgan fingerprint density at radius 3 is 2.39 bits per heavy atom. The summed E-state index contributed by atoms with van der Waals surface area (Å²) in [4.78, 5) is 62.6. The molecule has 16 nitrogen and oxygen atoms in total. The first-order chi connectivity index (χ1) is 33.1. The number of rotatable bonds is 9. The van der Waals surface area contributed by atoms with Gasteiger partial charge in [-0.05, 0) is 100.0 Å². The van der Waals surface area contributed by atoms with Crippen molar-refractivity contribution in [2.45, 2.75) is 115 Å². The van der Waals surface area contributed by atoms with Crippen molar-refractivity contribution in [1.29, 1.82) is 0 Å². The van der Waals surface area contributed by atoms with Gasteiger partial charge in [-0.15, -0.1) is 16.6 Å². The number of hydrogen-bond donors (Lipinski definition) is 4. The molecule has 5 atom stereocenters. The first-order valence-corrected chi connectivity index (χ1v) is 24.4. The highest BCUT2D eigenvalue weighted by Gasteiger charge is 2.56. The number of piperidine rings is 1. The molecule has 16 heteroatoms. The zero-order valence-electron chi connectivity index (χ0n) is 40.1. The van der Waals surface area contributed by atoms with Crippen molar-refractivity contribution in [1.82, 2.24) is 45.2 Å². The minimum absolute atomic E-state index is 0.00660. The normalized spacial score (nSPS) is 22.6. The number of para-hydroxylation sites is 1. The molecule has 4 N–H and O–H groups in total. The summed E-state index contributed by atoms with van der Waals surface area (Å²) in [6.07, 6.45) is 12.0. The molecule has 7 heterocycles. The number of ether oxygens (including phenoxy) is 1. The maximum Gasteiger partial charge on any atom is 0.410 e. The number of β-amino-alcohol motifs (C(OH)–C–C–N with tert-alkyl or cyclic N) is 1. The molecule has 1 saturated carbocycles. The van der Waals surface area contributed by atoms with E-state index in [0.717, 1.165) is 85.2 Å². The van der Waals surface area contributed by atoms with E-state index in [-0.39, 0.29) is 42.1 Å². The standard InChI is InChI=1S/C53H62N10O6/c1-7-33-12-14-34(15-13-33)31(2)56-48(66)43-22-38(64)28-63(43)49(67)46(52(4,5)6)69-51(68)61-29-53(30-61)24-37(25-53)60-19-16-35(17-20-60)36-26-54-50(55-27-36)62-21-18-41-45(32(62)3)40-23-42(58-59-47(40)57-41)39-10-8-9-11-44(39)65/h1,8-15,23,26-27,31-32,35,37-38,43,46,64-65H,16-22,24-25,28-30H2,2-6H3,(H,56,66)(H,57,59)/t31-,32+,38+,43-,46+/m0/s1. The number of benzene rings is 2. The van der Waals surface area contributed by atoms with Crippen LogP contribution in [0.25, 0.3) is 22.3 Å². The van der Waals surface area contributed by atoms with Gasteiger partial charge < -0.3 is 44.9 Å². The quantitative estimate of drug-likeness (QED) is 0.122. The lowest BCUT2D eigenvalue weighted by atomic mass is 9.60. The Morgan fingerprint density at radius 1 is 1.00 bits per heavy atom. The van der Waals surface area contributed by atoms with Gasteiger partial charge in [0.1, 0.15) is 11.8 Å². The zero-order valence-corrected chi connectivity index (χ0v) is 40.1. The number of nitrogens with one attached hydrogen (secondary N) is 2. The van der Waals surface area contributed by atoms with Crippen LogP contribution in [0.3, 0.4) is 0 Å². The number of fused-ring (bicyclic) bond motifs is 3. The summed E-state index contributed by atoms with van der Waals surface area (Å²) in [5.41, 5.74) is 6.37. The number of nitrogens with zero attached hydrogens (tertiary/aromatic N) is 8. The number of likely N-dealkylation sites (tertiary alicyclic amines) is 3. The first-order valence-electron chi connectivity index (χ1n) is 24.4. The van der Waals surface area contributed by atoms with E-state index in [9.17, 15) is 24.6 Å². The number of amides is 3. The molecule has 3 aromatic heterocycles. The van der Waals surface area contributed by atoms with Gasteiger partial charge in [-0.2, -0.15) is 0 Å². The van der Waals surface area contributed by atoms with Crippen LogP contribution in [0, 0.1) is 23.2 Å². The topological polar surface area (TPSA) is 193 Å². The smallest absolute Gasteiger partial charge is 0.410 e. The largest absolute Gasteiger partial charge is 0.507 e. The van der Waals surface area contributed by atoms with Crippen molar-refractivity contribution in [2.24, 2.45) is 10.8 Å². The molecule has 1 aliphatic carbocycles. The monoisotopic (exact) mass is 934 g/mol. The zero-order chi connectivity index (χ0) is 48.4. The highest BCUT2D eigenvalue weighted by atomic mass is 16.6. The molecule has 5 aromatic rings. The number of anilines is 1. The van der Waals surface area contributed by atoms with Gasteiger partial charge in [-0.1, -0.05) is 51.0 Å². The molecule has 5 aliphatic rings. The lowest BCUT2D eigenvalue weighted by Crippen LogP contribution is -2.68. The van der Waals surface area contributed by atoms with Crippen LogP contribution in [0.2, 0.25) is 0 Å². The van der Waals surface area contributed by atoms with Gasteiger partial charge in [-0.25, -0.2) is 14.8 Å². The molecule has 69 heavy (non-hydrogen) atoms. The van der Waals surface area contributed by atoms with Crippen LogP contribution in [-0.2, 0) is 20.7 Å². The van der Waals surface area contributed by atoms with E-state index in [1.54, 1.807) is 17.0 Å². The number of carbonyl (C=O) groups is 3. The fourth-order valence-corrected chi connectivity index (χ4v) is 11.5. The lowest BCUT2D eigenvalue weighted by molar-refractivity contribution is -0.153. The second kappa shape index (κ2) is 18.1. The molecule has 1 spiro atoms. The van der Waals surface area contributed by atoms with Crippen molar-refractivity contribution < 1.29 is 29.3 Å². The molecule has 0 unspecified atom stereocenters. The summed E-state index contributed by atoms with van der Waals surface area (Å²) in [7, 11) is 0. The van der Waals surface area contributed by atoms with Crippen molar-refractivity contribution in [3.63, 3.8) is 0 Å². The summed E-state index contributed by atoms with van der Waals surface area (Å²) in [5.74, 6) is 2.99. The minimum Gasteiger partial charge on any atom is -0.507 e. The summed E-state index contributed by atoms with van der Waals surface area (Å²) in [6, 6.07) is 15.7. The Kier molecular flexibility index (Phi) is 12.1. The lowest BCUT2D eigenvalue weighted by Gasteiger charge is -2.61. The van der Waals surface area contributed by atoms with Crippen LogP contribution in [-0.4, -0.2) is 132 Å². The summed E-state index contributed by atoms with van der Waals surface area (Å²) in [5, 5.41) is 34.0.